The van der Waals surface area contributed by atoms with E-state index in [9.17, 15) is 9.59 Å². The molecule has 1 aliphatic rings. The molecule has 1 amide bonds. The van der Waals surface area contributed by atoms with Crippen LogP contribution in [0.25, 0.3) is 0 Å². The highest BCUT2D eigenvalue weighted by Gasteiger charge is 2.50. The minimum Gasteiger partial charge on any atom is -0.465 e. The number of amides is 1. The zero-order chi connectivity index (χ0) is 13.2. The second-order valence-electron chi connectivity index (χ2n) is 3.85. The van der Waals surface area contributed by atoms with E-state index < -0.39 is 16.2 Å². The maximum Gasteiger partial charge on any atom is 0.317 e. The minimum absolute atomic E-state index is 0.274. The molecule has 1 aliphatic heterocycles. The third kappa shape index (κ3) is 2.96. The fourth-order valence-corrected chi connectivity index (χ4v) is 3.78. The topological polar surface area (TPSA) is 55.4 Å². The summed E-state index contributed by atoms with van der Waals surface area (Å²) in [6.45, 7) is 7.10. The van der Waals surface area contributed by atoms with Gasteiger partial charge in [-0.05, 0) is 31.2 Å². The Bertz CT molecular complexity index is 383. The highest BCUT2D eigenvalue weighted by atomic mass is 35.5. The van der Waals surface area contributed by atoms with Crippen LogP contribution >= 0.6 is 23.4 Å². The summed E-state index contributed by atoms with van der Waals surface area (Å²) in [6, 6.07) is 0. The lowest BCUT2D eigenvalue weighted by Crippen LogP contribution is -2.47. The second-order valence-corrected chi connectivity index (χ2v) is 6.13. The molecule has 0 saturated carbocycles. The quantitative estimate of drug-likeness (QED) is 0.488. The van der Waals surface area contributed by atoms with Gasteiger partial charge in [-0.3, -0.25) is 9.59 Å². The van der Waals surface area contributed by atoms with Crippen molar-refractivity contribution in [3.05, 3.63) is 10.5 Å². The number of thioether (sulfide) groups is 1. The van der Waals surface area contributed by atoms with E-state index >= 15 is 0 Å². The lowest BCUT2D eigenvalue weighted by atomic mass is 10.00. The minimum atomic E-state index is -1.16. The monoisotopic (exact) mass is 277 g/mol. The van der Waals surface area contributed by atoms with Gasteiger partial charge in [-0.1, -0.05) is 23.4 Å². The van der Waals surface area contributed by atoms with Crippen LogP contribution in [-0.2, 0) is 14.3 Å². The molecular weight excluding hydrogens is 262 g/mol. The van der Waals surface area contributed by atoms with Gasteiger partial charge in [0.05, 0.1) is 6.61 Å². The zero-order valence-electron chi connectivity index (χ0n) is 10.3. The normalized spacial score (nSPS) is 28.2. The van der Waals surface area contributed by atoms with Gasteiger partial charge in [0.25, 0.3) is 0 Å². The number of nitrogens with one attached hydrogen (secondary N) is 1. The second kappa shape index (κ2) is 5.31. The number of hydrogen-bond acceptors (Lipinski definition) is 4. The van der Waals surface area contributed by atoms with E-state index in [-0.39, 0.29) is 5.91 Å². The Hall–Kier alpha value is -0.680. The number of esters is 1. The highest BCUT2D eigenvalue weighted by Crippen LogP contribution is 2.51. The maximum atomic E-state index is 11.9. The molecule has 0 unspecified atom stereocenters. The van der Waals surface area contributed by atoms with Crippen LogP contribution in [0.15, 0.2) is 10.5 Å². The third-order valence-electron chi connectivity index (χ3n) is 2.53. The molecule has 0 aromatic rings. The van der Waals surface area contributed by atoms with Crippen LogP contribution in [0.5, 0.6) is 0 Å². The molecule has 1 rings (SSSR count). The van der Waals surface area contributed by atoms with Gasteiger partial charge in [-0.25, -0.2) is 0 Å². The zero-order valence-corrected chi connectivity index (χ0v) is 11.9. The van der Waals surface area contributed by atoms with Crippen molar-refractivity contribution in [1.82, 2.24) is 5.32 Å². The number of carbonyl (C=O) groups excluding carboxylic acids is 2. The van der Waals surface area contributed by atoms with Crippen LogP contribution < -0.4 is 5.32 Å². The van der Waals surface area contributed by atoms with Crippen LogP contribution in [0.3, 0.4) is 0 Å². The number of allylic oxidation sites excluding steroid dienone is 1. The molecule has 96 valence electrons. The molecule has 0 radical (unpaired) electrons. The summed E-state index contributed by atoms with van der Waals surface area (Å²) < 4.78 is 3.84. The number of ether oxygens (including phenoxy) is 1. The fraction of sp³-hybridized carbons (Fsp3) is 0.636. The summed E-state index contributed by atoms with van der Waals surface area (Å²) in [7, 11) is 0. The van der Waals surface area contributed by atoms with E-state index in [2.05, 4.69) is 5.32 Å². The SMILES string of the molecule is CCOC(=O)[C@H]1C(C)=C(C)S[C@]1(Cl)NC(C)=O. The van der Waals surface area contributed by atoms with Crippen molar-refractivity contribution in [2.45, 2.75) is 32.0 Å². The maximum absolute atomic E-state index is 11.9. The van der Waals surface area contributed by atoms with Gasteiger partial charge < -0.3 is 10.1 Å². The van der Waals surface area contributed by atoms with Crippen molar-refractivity contribution < 1.29 is 14.3 Å². The largest absolute Gasteiger partial charge is 0.465 e. The van der Waals surface area contributed by atoms with Crippen LogP contribution in [0, 0.1) is 5.92 Å². The van der Waals surface area contributed by atoms with Gasteiger partial charge in [0, 0.05) is 6.92 Å². The third-order valence-corrected chi connectivity index (χ3v) is 4.34. The standard InChI is InChI=1S/C11H16ClNO3S/c1-5-16-10(15)9-6(2)7(3)17-11(9,12)13-8(4)14/h9H,5H2,1-4H3,(H,13,14)/t9-,11-/m1/s1. The van der Waals surface area contributed by atoms with Crippen LogP contribution in [-0.4, -0.2) is 22.8 Å². The van der Waals surface area contributed by atoms with Gasteiger partial charge in [0.2, 0.25) is 5.91 Å². The molecule has 2 atom stereocenters. The van der Waals surface area contributed by atoms with Crippen LogP contribution in [0.1, 0.15) is 27.7 Å². The molecule has 1 N–H and O–H groups in total. The summed E-state index contributed by atoms with van der Waals surface area (Å²) in [5.74, 6) is -1.32. The number of hydrogen-bond donors (Lipinski definition) is 1. The average Bonchev–Trinajstić information content (AvgIpc) is 2.36. The first-order chi connectivity index (χ1) is 7.81. The van der Waals surface area contributed by atoms with E-state index in [1.54, 1.807) is 6.92 Å². The van der Waals surface area contributed by atoms with E-state index in [4.69, 9.17) is 16.3 Å². The molecule has 0 aromatic heterocycles. The summed E-state index contributed by atoms with van der Waals surface area (Å²) in [6.07, 6.45) is 0. The van der Waals surface area contributed by atoms with Crippen molar-refractivity contribution in [1.29, 1.82) is 0 Å². The summed E-state index contributed by atoms with van der Waals surface area (Å²) in [4.78, 5) is 24.0. The molecular formula is C11H16ClNO3S. The van der Waals surface area contributed by atoms with Gasteiger partial charge in [0.15, 0.2) is 4.33 Å². The predicted octanol–water partition coefficient (Wildman–Crippen LogP) is 2.24. The molecule has 0 saturated heterocycles. The molecule has 0 spiro atoms. The Morgan fingerprint density at radius 1 is 1.53 bits per heavy atom. The summed E-state index contributed by atoms with van der Waals surface area (Å²) >= 11 is 7.62. The van der Waals surface area contributed by atoms with E-state index in [0.29, 0.717) is 6.61 Å². The van der Waals surface area contributed by atoms with Gasteiger partial charge in [-0.2, -0.15) is 0 Å². The Morgan fingerprint density at radius 3 is 2.59 bits per heavy atom. The Balaban J connectivity index is 3.00. The number of alkyl halides is 1. The van der Waals surface area contributed by atoms with E-state index in [1.807, 2.05) is 13.8 Å². The Kier molecular flexibility index (Phi) is 4.49. The Labute approximate surface area is 110 Å². The molecule has 0 bridgehead atoms. The van der Waals surface area contributed by atoms with E-state index in [1.165, 1.54) is 18.7 Å². The first kappa shape index (κ1) is 14.4. The predicted molar refractivity (Wildman–Crippen MR) is 68.5 cm³/mol. The first-order valence-corrected chi connectivity index (χ1v) is 6.52. The van der Waals surface area contributed by atoms with Gasteiger partial charge in [0.1, 0.15) is 5.92 Å². The molecule has 1 heterocycles. The van der Waals surface area contributed by atoms with Crippen LogP contribution in [0.4, 0.5) is 0 Å². The number of halogens is 1. The Morgan fingerprint density at radius 2 is 2.12 bits per heavy atom. The van der Waals surface area contributed by atoms with Crippen molar-refractivity contribution in [3.63, 3.8) is 0 Å². The van der Waals surface area contributed by atoms with Gasteiger partial charge in [-0.15, -0.1) is 0 Å². The molecule has 4 nitrogen and oxygen atoms in total. The lowest BCUT2D eigenvalue weighted by Gasteiger charge is -2.28. The van der Waals surface area contributed by atoms with Crippen LogP contribution in [0.2, 0.25) is 0 Å². The summed E-state index contributed by atoms with van der Waals surface area (Å²) in [5.41, 5.74) is 0.845. The van der Waals surface area contributed by atoms with Crippen molar-refractivity contribution in [2.24, 2.45) is 5.92 Å². The fourth-order valence-electron chi connectivity index (χ4n) is 1.74. The highest BCUT2D eigenvalue weighted by molar-refractivity contribution is 8.05. The van der Waals surface area contributed by atoms with Gasteiger partial charge >= 0.3 is 5.97 Å². The van der Waals surface area contributed by atoms with Crippen molar-refractivity contribution in [2.75, 3.05) is 6.61 Å². The number of rotatable bonds is 3. The summed E-state index contributed by atoms with van der Waals surface area (Å²) in [5, 5.41) is 2.62. The number of carbonyl (C=O) groups is 2. The molecule has 6 heteroatoms. The first-order valence-electron chi connectivity index (χ1n) is 5.32. The molecule has 0 fully saturated rings. The molecule has 0 aromatic carbocycles. The molecule has 17 heavy (non-hydrogen) atoms. The lowest BCUT2D eigenvalue weighted by molar-refractivity contribution is -0.147. The van der Waals surface area contributed by atoms with Crippen molar-refractivity contribution >= 4 is 35.2 Å². The van der Waals surface area contributed by atoms with Crippen molar-refractivity contribution in [3.8, 4) is 0 Å². The molecule has 0 aliphatic carbocycles. The van der Waals surface area contributed by atoms with E-state index in [0.717, 1.165) is 10.5 Å². The smallest absolute Gasteiger partial charge is 0.317 e. The average molecular weight is 278 g/mol.